The second kappa shape index (κ2) is 18.0. The summed E-state index contributed by atoms with van der Waals surface area (Å²) in [6.07, 6.45) is 13.4. The van der Waals surface area contributed by atoms with Gasteiger partial charge in [-0.15, -0.1) is 0 Å². The summed E-state index contributed by atoms with van der Waals surface area (Å²) >= 11 is 0. The second-order valence-corrected chi connectivity index (χ2v) is 14.0. The molecule has 2 aromatic carbocycles. The lowest BCUT2D eigenvalue weighted by atomic mass is 9.78. The van der Waals surface area contributed by atoms with E-state index in [0.717, 1.165) is 86.5 Å². The second-order valence-electron chi connectivity index (χ2n) is 14.0. The number of aromatic hydroxyl groups is 2. The van der Waals surface area contributed by atoms with Crippen molar-refractivity contribution in [1.29, 1.82) is 0 Å². The van der Waals surface area contributed by atoms with E-state index in [4.69, 9.17) is 9.47 Å². The lowest BCUT2D eigenvalue weighted by Gasteiger charge is -2.28. The molecule has 0 saturated heterocycles. The molecule has 0 aromatic heterocycles. The minimum absolute atomic E-state index is 0.0102. The first-order chi connectivity index (χ1) is 20.8. The van der Waals surface area contributed by atoms with Crippen molar-refractivity contribution in [2.24, 2.45) is 0 Å². The van der Waals surface area contributed by atoms with Crippen molar-refractivity contribution in [1.82, 2.24) is 5.32 Å². The molecule has 0 heterocycles. The first kappa shape index (κ1) is 37.0. The molecule has 0 unspecified atom stereocenters. The summed E-state index contributed by atoms with van der Waals surface area (Å²) in [6, 6.07) is 7.72. The van der Waals surface area contributed by atoms with Crippen LogP contribution < -0.4 is 14.8 Å². The Bertz CT molecular complexity index is 1130. The van der Waals surface area contributed by atoms with Gasteiger partial charge in [-0.05, 0) is 77.0 Å². The Kier molecular flexibility index (Phi) is 15.1. The Morgan fingerprint density at radius 2 is 1.23 bits per heavy atom. The maximum atomic E-state index is 12.7. The molecule has 246 valence electrons. The van der Waals surface area contributed by atoms with Crippen LogP contribution in [0.2, 0.25) is 0 Å². The molecule has 6 heteroatoms. The van der Waals surface area contributed by atoms with Crippen molar-refractivity contribution in [3.05, 3.63) is 52.6 Å². The Morgan fingerprint density at radius 3 is 1.68 bits per heavy atom. The van der Waals surface area contributed by atoms with Gasteiger partial charge in [0.15, 0.2) is 11.5 Å². The fourth-order valence-corrected chi connectivity index (χ4v) is 5.06. The fourth-order valence-electron chi connectivity index (χ4n) is 5.06. The standard InChI is InChI=1S/C38H59NO5/c1-9-11-13-15-22-43-32-26-29(27-33(36(32)42)44-23-16-14-12-10-2)19-20-34(40)39-21-17-18-28-24-30(37(3,4)5)35(41)31(25-28)38(6,7)8/h19-20,24-27,41-42H,9-18,21-23H2,1-8H3,(H,39,40). The van der Waals surface area contributed by atoms with Crippen LogP contribution in [0, 0.1) is 0 Å². The Morgan fingerprint density at radius 1 is 0.727 bits per heavy atom. The van der Waals surface area contributed by atoms with Gasteiger partial charge in [0.05, 0.1) is 13.2 Å². The number of phenolic OH excluding ortho intramolecular Hbond substituents is 2. The van der Waals surface area contributed by atoms with Crippen molar-refractivity contribution in [2.75, 3.05) is 19.8 Å². The number of unbranched alkanes of at least 4 members (excludes halogenated alkanes) is 6. The third-order valence-corrected chi connectivity index (χ3v) is 7.73. The molecule has 0 atom stereocenters. The molecular weight excluding hydrogens is 550 g/mol. The number of nitrogens with one attached hydrogen (secondary N) is 1. The van der Waals surface area contributed by atoms with Crippen LogP contribution in [0.5, 0.6) is 23.0 Å². The molecule has 3 N–H and O–H groups in total. The Balaban J connectivity index is 2.05. The van der Waals surface area contributed by atoms with Gasteiger partial charge in [0.25, 0.3) is 0 Å². The van der Waals surface area contributed by atoms with E-state index < -0.39 is 0 Å². The van der Waals surface area contributed by atoms with E-state index in [1.165, 1.54) is 6.08 Å². The zero-order valence-electron chi connectivity index (χ0n) is 28.8. The highest BCUT2D eigenvalue weighted by molar-refractivity contribution is 5.91. The molecule has 0 aliphatic rings. The average molecular weight is 610 g/mol. The zero-order chi connectivity index (χ0) is 32.8. The van der Waals surface area contributed by atoms with Gasteiger partial charge < -0.3 is 25.0 Å². The molecule has 0 aliphatic carbocycles. The number of phenols is 2. The molecular formula is C38H59NO5. The highest BCUT2D eigenvalue weighted by Crippen LogP contribution is 2.40. The molecule has 2 aromatic rings. The van der Waals surface area contributed by atoms with Crippen LogP contribution in [0.1, 0.15) is 135 Å². The predicted octanol–water partition coefficient (Wildman–Crippen LogP) is 9.37. The predicted molar refractivity (Wildman–Crippen MR) is 183 cm³/mol. The topological polar surface area (TPSA) is 88.0 Å². The largest absolute Gasteiger partial charge is 0.507 e. The first-order valence-electron chi connectivity index (χ1n) is 16.7. The highest BCUT2D eigenvalue weighted by Gasteiger charge is 2.26. The summed E-state index contributed by atoms with van der Waals surface area (Å²) in [5.74, 6) is 0.975. The fraction of sp³-hybridized carbons (Fsp3) is 0.605. The van der Waals surface area contributed by atoms with E-state index in [1.807, 2.05) is 0 Å². The highest BCUT2D eigenvalue weighted by atomic mass is 16.5. The smallest absolute Gasteiger partial charge is 0.243 e. The number of benzene rings is 2. The third kappa shape index (κ3) is 12.5. The van der Waals surface area contributed by atoms with E-state index in [9.17, 15) is 15.0 Å². The molecule has 0 aliphatic heterocycles. The first-order valence-corrected chi connectivity index (χ1v) is 16.7. The SMILES string of the molecule is CCCCCCOc1cc(C=CC(=O)NCCCc2cc(C(C)(C)C)c(O)c(C(C)(C)C)c2)cc(OCCCCCC)c1O. The number of carbonyl (C=O) groups is 1. The third-order valence-electron chi connectivity index (χ3n) is 7.73. The Labute approximate surface area is 267 Å². The van der Waals surface area contributed by atoms with E-state index in [2.05, 4.69) is 72.8 Å². The number of ether oxygens (including phenoxy) is 2. The quantitative estimate of drug-likeness (QED) is 0.116. The molecule has 0 bridgehead atoms. The zero-order valence-corrected chi connectivity index (χ0v) is 28.8. The summed E-state index contributed by atoms with van der Waals surface area (Å²) in [6.45, 7) is 18.6. The molecule has 0 saturated carbocycles. The van der Waals surface area contributed by atoms with E-state index in [0.29, 0.717) is 37.0 Å². The lowest BCUT2D eigenvalue weighted by Crippen LogP contribution is -2.22. The van der Waals surface area contributed by atoms with Gasteiger partial charge in [-0.1, -0.05) is 106 Å². The van der Waals surface area contributed by atoms with Gasteiger partial charge in [0.2, 0.25) is 11.7 Å². The molecule has 0 radical (unpaired) electrons. The van der Waals surface area contributed by atoms with Gasteiger partial charge in [-0.2, -0.15) is 0 Å². The van der Waals surface area contributed by atoms with Crippen LogP contribution >= 0.6 is 0 Å². The average Bonchev–Trinajstić information content (AvgIpc) is 2.95. The van der Waals surface area contributed by atoms with E-state index in [-0.39, 0.29) is 22.5 Å². The van der Waals surface area contributed by atoms with Gasteiger partial charge in [-0.3, -0.25) is 4.79 Å². The van der Waals surface area contributed by atoms with Crippen molar-refractivity contribution in [3.63, 3.8) is 0 Å². The lowest BCUT2D eigenvalue weighted by molar-refractivity contribution is -0.116. The van der Waals surface area contributed by atoms with Crippen molar-refractivity contribution in [3.8, 4) is 23.0 Å². The monoisotopic (exact) mass is 609 g/mol. The van der Waals surface area contributed by atoms with Crippen LogP contribution in [0.15, 0.2) is 30.3 Å². The number of aryl methyl sites for hydroxylation is 1. The molecule has 0 fully saturated rings. The molecule has 44 heavy (non-hydrogen) atoms. The molecule has 0 spiro atoms. The van der Waals surface area contributed by atoms with Crippen LogP contribution in [-0.4, -0.2) is 35.9 Å². The van der Waals surface area contributed by atoms with Gasteiger partial charge in [-0.25, -0.2) is 0 Å². The van der Waals surface area contributed by atoms with Gasteiger partial charge in [0, 0.05) is 12.6 Å². The summed E-state index contributed by atoms with van der Waals surface area (Å²) in [4.78, 5) is 12.7. The number of hydrogen-bond acceptors (Lipinski definition) is 5. The van der Waals surface area contributed by atoms with Crippen molar-refractivity contribution in [2.45, 2.75) is 130 Å². The minimum atomic E-state index is -0.182. The summed E-state index contributed by atoms with van der Waals surface area (Å²) < 4.78 is 11.8. The Hall–Kier alpha value is -3.15. The summed E-state index contributed by atoms with van der Waals surface area (Å²) in [5, 5.41) is 24.8. The summed E-state index contributed by atoms with van der Waals surface area (Å²) in [7, 11) is 0. The molecule has 6 nitrogen and oxygen atoms in total. The molecule has 2 rings (SSSR count). The minimum Gasteiger partial charge on any atom is -0.507 e. The van der Waals surface area contributed by atoms with Crippen LogP contribution in [0.3, 0.4) is 0 Å². The van der Waals surface area contributed by atoms with Crippen LogP contribution in [0.4, 0.5) is 0 Å². The normalized spacial score (nSPS) is 12.1. The van der Waals surface area contributed by atoms with E-state index >= 15 is 0 Å². The number of hydrogen-bond donors (Lipinski definition) is 3. The van der Waals surface area contributed by atoms with Crippen LogP contribution in [0.25, 0.3) is 6.08 Å². The number of rotatable bonds is 18. The maximum Gasteiger partial charge on any atom is 0.243 e. The van der Waals surface area contributed by atoms with Gasteiger partial charge >= 0.3 is 0 Å². The maximum absolute atomic E-state index is 12.7. The van der Waals surface area contributed by atoms with Crippen molar-refractivity contribution >= 4 is 12.0 Å². The van der Waals surface area contributed by atoms with Gasteiger partial charge in [0.1, 0.15) is 5.75 Å². The van der Waals surface area contributed by atoms with Crippen LogP contribution in [-0.2, 0) is 22.0 Å². The van der Waals surface area contributed by atoms with Crippen molar-refractivity contribution < 1.29 is 24.5 Å². The molecule has 1 amide bonds. The van der Waals surface area contributed by atoms with E-state index in [1.54, 1.807) is 18.2 Å². The summed E-state index contributed by atoms with van der Waals surface area (Å²) in [5.41, 5.74) is 3.46. The number of carbonyl (C=O) groups excluding carboxylic acids is 1. The number of amides is 1.